The number of aryl methyl sites for hydroxylation is 1. The average Bonchev–Trinajstić information content (AvgIpc) is 3.20. The first kappa shape index (κ1) is 14.9. The van der Waals surface area contributed by atoms with Crippen LogP contribution in [0.5, 0.6) is 0 Å². The van der Waals surface area contributed by atoms with E-state index in [1.165, 1.54) is 37.0 Å². The Morgan fingerprint density at radius 1 is 1.41 bits per heavy atom. The minimum atomic E-state index is -0.419. The highest BCUT2D eigenvalue weighted by molar-refractivity contribution is 7.09. The zero-order chi connectivity index (χ0) is 15.4. The molecule has 1 fully saturated rings. The first-order valence-corrected chi connectivity index (χ1v) is 8.61. The number of hydrogen-bond acceptors (Lipinski definition) is 6. The quantitative estimate of drug-likeness (QED) is 0.914. The average molecular weight is 313 g/mol. The first-order valence-electron chi connectivity index (χ1n) is 7.73. The molecule has 0 bridgehead atoms. The van der Waals surface area contributed by atoms with Gasteiger partial charge in [0.25, 0.3) is 0 Å². The van der Waals surface area contributed by atoms with E-state index in [1.807, 2.05) is 5.38 Å². The second-order valence-corrected chi connectivity index (χ2v) is 6.41. The second kappa shape index (κ2) is 6.84. The van der Waals surface area contributed by atoms with Crippen LogP contribution < -0.4 is 5.32 Å². The molecule has 0 amide bonds. The molecule has 0 radical (unpaired) electrons. The van der Waals surface area contributed by atoms with Crippen molar-refractivity contribution in [1.29, 1.82) is 5.26 Å². The number of nitrogens with one attached hydrogen (secondary N) is 1. The van der Waals surface area contributed by atoms with E-state index in [1.54, 1.807) is 12.3 Å². The van der Waals surface area contributed by atoms with Crippen LogP contribution in [0.25, 0.3) is 0 Å². The molecule has 1 unspecified atom stereocenters. The Bertz CT molecular complexity index is 669. The fourth-order valence-corrected chi connectivity index (χ4v) is 3.68. The van der Waals surface area contributed by atoms with E-state index in [-0.39, 0.29) is 0 Å². The van der Waals surface area contributed by atoms with Crippen molar-refractivity contribution in [2.45, 2.75) is 51.0 Å². The lowest BCUT2D eigenvalue weighted by molar-refractivity contribution is 0.741. The smallest absolute Gasteiger partial charge is 0.223 e. The molecule has 0 aliphatic heterocycles. The van der Waals surface area contributed by atoms with Crippen molar-refractivity contribution in [3.05, 3.63) is 34.0 Å². The van der Waals surface area contributed by atoms with Gasteiger partial charge >= 0.3 is 0 Å². The molecule has 2 aromatic heterocycles. The number of anilines is 1. The van der Waals surface area contributed by atoms with Crippen LogP contribution in [0.2, 0.25) is 0 Å². The van der Waals surface area contributed by atoms with Crippen molar-refractivity contribution in [3.63, 3.8) is 0 Å². The lowest BCUT2D eigenvalue weighted by Crippen LogP contribution is -2.17. The minimum absolute atomic E-state index is 0.419. The van der Waals surface area contributed by atoms with Crippen LogP contribution in [0, 0.1) is 11.3 Å². The standard InChI is InChI=1S/C16H19N5S/c1-2-11-10-22-15(19-11)13(9-17)14-7-8-18-16(21-14)20-12-5-3-4-6-12/h7-8,10,12-13H,2-6H2,1H3,(H,18,20,21). The summed E-state index contributed by atoms with van der Waals surface area (Å²) in [6, 6.07) is 4.59. The Morgan fingerprint density at radius 2 is 2.23 bits per heavy atom. The molecule has 5 nitrogen and oxygen atoms in total. The zero-order valence-corrected chi connectivity index (χ0v) is 13.4. The summed E-state index contributed by atoms with van der Waals surface area (Å²) in [5, 5.41) is 15.7. The molecule has 22 heavy (non-hydrogen) atoms. The van der Waals surface area contributed by atoms with Gasteiger partial charge in [-0.05, 0) is 25.3 Å². The highest BCUT2D eigenvalue weighted by atomic mass is 32.1. The van der Waals surface area contributed by atoms with Gasteiger partial charge in [-0.1, -0.05) is 19.8 Å². The molecule has 1 atom stereocenters. The Morgan fingerprint density at radius 3 is 2.91 bits per heavy atom. The fraction of sp³-hybridized carbons (Fsp3) is 0.500. The molecule has 1 aliphatic rings. The van der Waals surface area contributed by atoms with Gasteiger partial charge in [-0.15, -0.1) is 11.3 Å². The van der Waals surface area contributed by atoms with Crippen LogP contribution >= 0.6 is 11.3 Å². The summed E-state index contributed by atoms with van der Waals surface area (Å²) in [6.45, 7) is 2.06. The van der Waals surface area contributed by atoms with Gasteiger partial charge in [-0.3, -0.25) is 0 Å². The Labute approximate surface area is 134 Å². The third-order valence-corrected chi connectivity index (χ3v) is 4.93. The molecule has 114 valence electrons. The molecule has 1 aliphatic carbocycles. The number of rotatable bonds is 5. The minimum Gasteiger partial charge on any atom is -0.351 e. The van der Waals surface area contributed by atoms with E-state index in [4.69, 9.17) is 0 Å². The van der Waals surface area contributed by atoms with E-state index in [9.17, 15) is 5.26 Å². The summed E-state index contributed by atoms with van der Waals surface area (Å²) in [6.07, 6.45) is 7.46. The van der Waals surface area contributed by atoms with Gasteiger partial charge in [-0.25, -0.2) is 15.0 Å². The summed E-state index contributed by atoms with van der Waals surface area (Å²) in [5.74, 6) is 0.203. The normalized spacial score (nSPS) is 16.4. The molecule has 3 rings (SSSR count). The molecular weight excluding hydrogens is 294 g/mol. The molecule has 1 saturated carbocycles. The largest absolute Gasteiger partial charge is 0.351 e. The second-order valence-electron chi connectivity index (χ2n) is 5.52. The van der Waals surface area contributed by atoms with Gasteiger partial charge < -0.3 is 5.32 Å². The molecule has 2 aromatic rings. The molecule has 2 heterocycles. The Balaban J connectivity index is 1.81. The summed E-state index contributed by atoms with van der Waals surface area (Å²) in [4.78, 5) is 13.4. The Hall–Kier alpha value is -2.00. The maximum absolute atomic E-state index is 9.53. The highest BCUT2D eigenvalue weighted by Gasteiger charge is 2.21. The summed E-state index contributed by atoms with van der Waals surface area (Å²) in [7, 11) is 0. The van der Waals surface area contributed by atoms with Gasteiger partial charge in [0.2, 0.25) is 5.95 Å². The van der Waals surface area contributed by atoms with Gasteiger partial charge in [0, 0.05) is 17.6 Å². The topological polar surface area (TPSA) is 74.5 Å². The van der Waals surface area contributed by atoms with Gasteiger partial charge in [0.05, 0.1) is 17.5 Å². The predicted molar refractivity (Wildman–Crippen MR) is 86.9 cm³/mol. The summed E-state index contributed by atoms with van der Waals surface area (Å²) < 4.78 is 0. The SMILES string of the molecule is CCc1csc(C(C#N)c2ccnc(NC3CCCC3)n2)n1. The van der Waals surface area contributed by atoms with Crippen LogP contribution in [0.1, 0.15) is 54.9 Å². The lowest BCUT2D eigenvalue weighted by Gasteiger charge is -2.13. The van der Waals surface area contributed by atoms with E-state index in [0.29, 0.717) is 12.0 Å². The van der Waals surface area contributed by atoms with Gasteiger partial charge in [-0.2, -0.15) is 5.26 Å². The molecule has 0 aromatic carbocycles. The van der Waals surface area contributed by atoms with Crippen LogP contribution in [-0.2, 0) is 6.42 Å². The zero-order valence-electron chi connectivity index (χ0n) is 12.6. The number of aromatic nitrogens is 3. The van der Waals surface area contributed by atoms with Gasteiger partial charge in [0.15, 0.2) is 0 Å². The third-order valence-electron chi connectivity index (χ3n) is 3.97. The van der Waals surface area contributed by atoms with E-state index in [0.717, 1.165) is 22.8 Å². The fourth-order valence-electron chi connectivity index (χ4n) is 2.72. The first-order chi connectivity index (χ1) is 10.8. The van der Waals surface area contributed by atoms with Crippen molar-refractivity contribution in [1.82, 2.24) is 15.0 Å². The van der Waals surface area contributed by atoms with Gasteiger partial charge in [0.1, 0.15) is 10.9 Å². The number of hydrogen-bond donors (Lipinski definition) is 1. The maximum Gasteiger partial charge on any atom is 0.223 e. The van der Waals surface area contributed by atoms with E-state index >= 15 is 0 Å². The predicted octanol–water partition coefficient (Wildman–Crippen LogP) is 3.51. The van der Waals surface area contributed by atoms with Crippen molar-refractivity contribution in [3.8, 4) is 6.07 Å². The van der Waals surface area contributed by atoms with Crippen LogP contribution in [-0.4, -0.2) is 21.0 Å². The molecule has 0 spiro atoms. The van der Waals surface area contributed by atoms with Crippen LogP contribution in [0.4, 0.5) is 5.95 Å². The Kier molecular flexibility index (Phi) is 4.64. The number of nitrogens with zero attached hydrogens (tertiary/aromatic N) is 4. The summed E-state index contributed by atoms with van der Waals surface area (Å²) in [5.41, 5.74) is 1.74. The third kappa shape index (κ3) is 3.25. The van der Waals surface area contributed by atoms with Crippen LogP contribution in [0.15, 0.2) is 17.6 Å². The van der Waals surface area contributed by atoms with Crippen molar-refractivity contribution in [2.24, 2.45) is 0 Å². The van der Waals surface area contributed by atoms with Crippen molar-refractivity contribution >= 4 is 17.3 Å². The molecule has 6 heteroatoms. The molecular formula is C16H19N5S. The molecule has 1 N–H and O–H groups in total. The number of nitriles is 1. The highest BCUT2D eigenvalue weighted by Crippen LogP contribution is 2.27. The summed E-state index contributed by atoms with van der Waals surface area (Å²) >= 11 is 1.53. The van der Waals surface area contributed by atoms with E-state index in [2.05, 4.69) is 33.3 Å². The van der Waals surface area contributed by atoms with Crippen molar-refractivity contribution in [2.75, 3.05) is 5.32 Å². The van der Waals surface area contributed by atoms with Crippen LogP contribution in [0.3, 0.4) is 0 Å². The van der Waals surface area contributed by atoms with Crippen molar-refractivity contribution < 1.29 is 0 Å². The van der Waals surface area contributed by atoms with E-state index < -0.39 is 5.92 Å². The lowest BCUT2D eigenvalue weighted by atomic mass is 10.1. The number of thiazole rings is 1. The molecule has 0 saturated heterocycles. The maximum atomic E-state index is 9.53. The monoisotopic (exact) mass is 313 g/mol.